The zero-order valence-corrected chi connectivity index (χ0v) is 7.34. The molecular formula is C8H10F2N2O. The number of methoxy groups -OCH3 is 1. The van der Waals surface area contributed by atoms with Crippen molar-refractivity contribution in [2.75, 3.05) is 12.8 Å². The topological polar surface area (TPSA) is 48.1 Å². The average molecular weight is 188 g/mol. The second-order valence-electron chi connectivity index (χ2n) is 2.56. The van der Waals surface area contributed by atoms with Gasteiger partial charge in [0.2, 0.25) is 0 Å². The SMILES string of the molecule is COc1cc(N)nc(C(F)F)c1C. The highest BCUT2D eigenvalue weighted by Crippen LogP contribution is 2.28. The summed E-state index contributed by atoms with van der Waals surface area (Å²) in [6.07, 6.45) is -2.63. The van der Waals surface area contributed by atoms with Crippen LogP contribution in [-0.2, 0) is 0 Å². The Morgan fingerprint density at radius 1 is 1.54 bits per heavy atom. The van der Waals surface area contributed by atoms with Crippen molar-refractivity contribution in [1.82, 2.24) is 4.98 Å². The van der Waals surface area contributed by atoms with Crippen LogP contribution in [0.1, 0.15) is 17.7 Å². The Bertz CT molecular complexity index is 315. The van der Waals surface area contributed by atoms with E-state index in [0.717, 1.165) is 0 Å². The summed E-state index contributed by atoms with van der Waals surface area (Å²) in [5, 5.41) is 0. The third-order valence-electron chi connectivity index (χ3n) is 1.71. The molecule has 0 aliphatic carbocycles. The molecule has 0 aliphatic rings. The molecule has 0 radical (unpaired) electrons. The lowest BCUT2D eigenvalue weighted by Crippen LogP contribution is -2.01. The zero-order valence-electron chi connectivity index (χ0n) is 7.34. The van der Waals surface area contributed by atoms with Crippen molar-refractivity contribution in [1.29, 1.82) is 0 Å². The van der Waals surface area contributed by atoms with Gasteiger partial charge in [0.25, 0.3) is 6.43 Å². The zero-order chi connectivity index (χ0) is 10.0. The first-order chi connectivity index (χ1) is 6.06. The van der Waals surface area contributed by atoms with E-state index >= 15 is 0 Å². The molecule has 0 bridgehead atoms. The fourth-order valence-corrected chi connectivity index (χ4v) is 1.05. The number of halogens is 2. The molecule has 13 heavy (non-hydrogen) atoms. The lowest BCUT2D eigenvalue weighted by Gasteiger charge is -2.09. The van der Waals surface area contributed by atoms with Crippen molar-refractivity contribution in [3.8, 4) is 5.75 Å². The van der Waals surface area contributed by atoms with Crippen molar-refractivity contribution >= 4 is 5.82 Å². The third kappa shape index (κ3) is 1.85. The molecule has 0 atom stereocenters. The maximum atomic E-state index is 12.4. The summed E-state index contributed by atoms with van der Waals surface area (Å²) in [5.74, 6) is 0.376. The van der Waals surface area contributed by atoms with Crippen LogP contribution >= 0.6 is 0 Å². The molecule has 0 saturated heterocycles. The molecule has 0 unspecified atom stereocenters. The second kappa shape index (κ2) is 3.55. The number of ether oxygens (including phenoxy) is 1. The average Bonchev–Trinajstić information content (AvgIpc) is 2.08. The fraction of sp³-hybridized carbons (Fsp3) is 0.375. The summed E-state index contributed by atoms with van der Waals surface area (Å²) in [4.78, 5) is 3.53. The van der Waals surface area contributed by atoms with Gasteiger partial charge in [0, 0.05) is 11.6 Å². The van der Waals surface area contributed by atoms with Crippen molar-refractivity contribution in [2.45, 2.75) is 13.3 Å². The van der Waals surface area contributed by atoms with Gasteiger partial charge in [-0.25, -0.2) is 13.8 Å². The number of nitrogens with two attached hydrogens (primary N) is 1. The van der Waals surface area contributed by atoms with Crippen LogP contribution in [0.3, 0.4) is 0 Å². The standard InChI is InChI=1S/C8H10F2N2O/c1-4-5(13-2)3-6(11)12-7(4)8(9)10/h3,8H,1-2H3,(H2,11,12). The highest BCUT2D eigenvalue weighted by atomic mass is 19.3. The monoisotopic (exact) mass is 188 g/mol. The molecule has 1 rings (SSSR count). The first-order valence-electron chi connectivity index (χ1n) is 3.65. The first-order valence-corrected chi connectivity index (χ1v) is 3.65. The molecule has 72 valence electrons. The fourth-order valence-electron chi connectivity index (χ4n) is 1.05. The Balaban J connectivity index is 3.27. The first kappa shape index (κ1) is 9.70. The smallest absolute Gasteiger partial charge is 0.280 e. The molecule has 0 spiro atoms. The van der Waals surface area contributed by atoms with E-state index in [1.807, 2.05) is 0 Å². The van der Waals surface area contributed by atoms with Gasteiger partial charge in [-0.3, -0.25) is 0 Å². The van der Waals surface area contributed by atoms with Crippen molar-refractivity contribution in [2.24, 2.45) is 0 Å². The Morgan fingerprint density at radius 3 is 2.62 bits per heavy atom. The van der Waals surface area contributed by atoms with E-state index < -0.39 is 6.43 Å². The molecule has 0 saturated carbocycles. The van der Waals surface area contributed by atoms with Crippen LogP contribution in [0, 0.1) is 6.92 Å². The predicted molar refractivity (Wildman–Crippen MR) is 44.9 cm³/mol. The Kier molecular flexibility index (Phi) is 2.65. The van der Waals surface area contributed by atoms with Gasteiger partial charge >= 0.3 is 0 Å². The number of nitrogens with zero attached hydrogens (tertiary/aromatic N) is 1. The van der Waals surface area contributed by atoms with Gasteiger partial charge < -0.3 is 10.5 Å². The molecule has 0 aromatic carbocycles. The Hall–Kier alpha value is -1.39. The van der Waals surface area contributed by atoms with Gasteiger partial charge in [-0.1, -0.05) is 0 Å². The molecule has 1 heterocycles. The minimum Gasteiger partial charge on any atom is -0.496 e. The maximum absolute atomic E-state index is 12.4. The summed E-state index contributed by atoms with van der Waals surface area (Å²) in [5.41, 5.74) is 5.32. The summed E-state index contributed by atoms with van der Waals surface area (Å²) in [6, 6.07) is 1.42. The largest absolute Gasteiger partial charge is 0.496 e. The van der Waals surface area contributed by atoms with Gasteiger partial charge in [-0.05, 0) is 6.92 Å². The van der Waals surface area contributed by atoms with Crippen LogP contribution < -0.4 is 10.5 Å². The van der Waals surface area contributed by atoms with E-state index in [9.17, 15) is 8.78 Å². The third-order valence-corrected chi connectivity index (χ3v) is 1.71. The predicted octanol–water partition coefficient (Wildman–Crippen LogP) is 1.92. The number of alkyl halides is 2. The number of hydrogen-bond acceptors (Lipinski definition) is 3. The lowest BCUT2D eigenvalue weighted by molar-refractivity contribution is 0.145. The molecule has 1 aromatic heterocycles. The Labute approximate surface area is 74.5 Å². The molecule has 2 N–H and O–H groups in total. The van der Waals surface area contributed by atoms with Gasteiger partial charge in [-0.2, -0.15) is 0 Å². The number of hydrogen-bond donors (Lipinski definition) is 1. The highest BCUT2D eigenvalue weighted by Gasteiger charge is 2.16. The van der Waals surface area contributed by atoms with Crippen LogP contribution in [0.4, 0.5) is 14.6 Å². The highest BCUT2D eigenvalue weighted by molar-refractivity contribution is 5.45. The van der Waals surface area contributed by atoms with Gasteiger partial charge in [-0.15, -0.1) is 0 Å². The van der Waals surface area contributed by atoms with E-state index in [4.69, 9.17) is 10.5 Å². The van der Waals surface area contributed by atoms with Gasteiger partial charge in [0.15, 0.2) is 0 Å². The van der Waals surface area contributed by atoms with Crippen LogP contribution in [0.5, 0.6) is 5.75 Å². The van der Waals surface area contributed by atoms with E-state index in [0.29, 0.717) is 11.3 Å². The van der Waals surface area contributed by atoms with E-state index in [2.05, 4.69) is 4.98 Å². The summed E-state index contributed by atoms with van der Waals surface area (Å²) >= 11 is 0. The molecule has 0 amide bonds. The summed E-state index contributed by atoms with van der Waals surface area (Å²) in [6.45, 7) is 1.52. The molecule has 0 fully saturated rings. The van der Waals surface area contributed by atoms with Gasteiger partial charge in [0.1, 0.15) is 17.3 Å². The maximum Gasteiger partial charge on any atom is 0.280 e. The molecule has 1 aromatic rings. The van der Waals surface area contributed by atoms with E-state index in [1.165, 1.54) is 20.1 Å². The van der Waals surface area contributed by atoms with Crippen LogP contribution in [0.15, 0.2) is 6.07 Å². The summed E-state index contributed by atoms with van der Waals surface area (Å²) in [7, 11) is 1.40. The Morgan fingerprint density at radius 2 is 2.15 bits per heavy atom. The molecule has 5 heteroatoms. The van der Waals surface area contributed by atoms with Crippen LogP contribution in [0.2, 0.25) is 0 Å². The van der Waals surface area contributed by atoms with Crippen LogP contribution in [-0.4, -0.2) is 12.1 Å². The quantitative estimate of drug-likeness (QED) is 0.771. The minimum atomic E-state index is -2.63. The minimum absolute atomic E-state index is 0.0396. The molecule has 3 nitrogen and oxygen atoms in total. The van der Waals surface area contributed by atoms with Crippen molar-refractivity contribution in [3.63, 3.8) is 0 Å². The summed E-state index contributed by atoms with van der Waals surface area (Å²) < 4.78 is 29.6. The van der Waals surface area contributed by atoms with Gasteiger partial charge in [0.05, 0.1) is 7.11 Å². The number of anilines is 1. The number of nitrogen functional groups attached to an aromatic ring is 1. The van der Waals surface area contributed by atoms with E-state index in [1.54, 1.807) is 0 Å². The number of pyridine rings is 1. The second-order valence-corrected chi connectivity index (χ2v) is 2.56. The number of rotatable bonds is 2. The van der Waals surface area contributed by atoms with Crippen molar-refractivity contribution < 1.29 is 13.5 Å². The van der Waals surface area contributed by atoms with Crippen molar-refractivity contribution in [3.05, 3.63) is 17.3 Å². The van der Waals surface area contributed by atoms with E-state index in [-0.39, 0.29) is 11.5 Å². The van der Waals surface area contributed by atoms with Crippen LogP contribution in [0.25, 0.3) is 0 Å². The molecule has 0 aliphatic heterocycles. The number of aromatic nitrogens is 1. The normalized spacial score (nSPS) is 10.5. The molecular weight excluding hydrogens is 178 g/mol. The lowest BCUT2D eigenvalue weighted by atomic mass is 10.2.